The Balaban J connectivity index is 0.765. The van der Waals surface area contributed by atoms with Crippen molar-refractivity contribution >= 4 is 95.1 Å². The lowest BCUT2D eigenvalue weighted by molar-refractivity contribution is -0.144. The number of thiazole rings is 1. The van der Waals surface area contributed by atoms with Crippen LogP contribution in [0.3, 0.4) is 0 Å². The number of thioether (sulfide) groups is 1. The highest BCUT2D eigenvalue weighted by Crippen LogP contribution is 2.44. The molecule has 6 aromatic rings. The third-order valence-electron chi connectivity index (χ3n) is 19.4. The molecular weight excluding hydrogens is 1420 g/mol. The monoisotopic (exact) mass is 1520 g/mol. The number of sulfone groups is 1. The number of alkyl halides is 3. The summed E-state index contributed by atoms with van der Waals surface area (Å²) in [7, 11) is -11.2. The number of aryl methyl sites for hydroxylation is 1. The Bertz CT molecular complexity index is 4140. The number of aromatic nitrogens is 1. The van der Waals surface area contributed by atoms with Crippen molar-refractivity contribution in [1.29, 1.82) is 0 Å². The molecule has 0 spiro atoms. The Kier molecular flexibility index (Phi) is 27.6. The zero-order chi connectivity index (χ0) is 74.4. The van der Waals surface area contributed by atoms with Crippen molar-refractivity contribution in [2.75, 3.05) is 81.5 Å². The van der Waals surface area contributed by atoms with E-state index in [1.807, 2.05) is 111 Å². The van der Waals surface area contributed by atoms with E-state index >= 15 is 0 Å². The van der Waals surface area contributed by atoms with Crippen LogP contribution in [0.15, 0.2) is 147 Å². The van der Waals surface area contributed by atoms with Crippen LogP contribution >= 0.6 is 34.7 Å². The number of likely N-dealkylation sites (tertiary alicyclic amines) is 1. The lowest BCUT2D eigenvalue weighted by Crippen LogP contribution is -2.57. The Morgan fingerprint density at radius 3 is 2.15 bits per heavy atom. The Morgan fingerprint density at radius 2 is 1.50 bits per heavy atom. The van der Waals surface area contributed by atoms with Gasteiger partial charge in [0.05, 0.1) is 45.4 Å². The van der Waals surface area contributed by atoms with Crippen molar-refractivity contribution in [2.24, 2.45) is 10.8 Å². The number of carbonyl (C=O) groups is 4. The summed E-state index contributed by atoms with van der Waals surface area (Å²) >= 11 is 9.15. The van der Waals surface area contributed by atoms with Crippen molar-refractivity contribution in [2.45, 2.75) is 170 Å². The summed E-state index contributed by atoms with van der Waals surface area (Å²) in [6.45, 7) is 18.6. The quantitative estimate of drug-likeness (QED) is 0.0170. The molecule has 1 unspecified atom stereocenters. The summed E-state index contributed by atoms with van der Waals surface area (Å²) in [6, 6.07) is 30.7. The van der Waals surface area contributed by atoms with Gasteiger partial charge in [-0.15, -0.1) is 23.1 Å². The van der Waals surface area contributed by atoms with Crippen LogP contribution < -0.4 is 25.6 Å². The molecule has 558 valence electrons. The molecule has 2 aliphatic heterocycles. The Labute approximate surface area is 617 Å². The third-order valence-corrected chi connectivity index (χ3v) is 24.7. The van der Waals surface area contributed by atoms with E-state index in [0.717, 1.165) is 96.2 Å². The van der Waals surface area contributed by atoms with Crippen LogP contribution in [0.2, 0.25) is 5.02 Å². The van der Waals surface area contributed by atoms with Crippen LogP contribution in [-0.4, -0.2) is 171 Å². The number of nitrogens with one attached hydrogen (secondary N) is 4. The summed E-state index contributed by atoms with van der Waals surface area (Å²) in [6.07, 6.45) is 5.99. The summed E-state index contributed by atoms with van der Waals surface area (Å²) in [4.78, 5) is 67.3. The molecule has 2 fully saturated rings. The zero-order valence-electron chi connectivity index (χ0n) is 59.6. The number of anilines is 2. The molecule has 3 aliphatic rings. The largest absolute Gasteiger partial charge is 0.501 e. The molecule has 27 heteroatoms. The van der Waals surface area contributed by atoms with Crippen LogP contribution in [-0.2, 0) is 34.2 Å². The number of nitrogens with zero attached hydrogens (tertiary/aromatic N) is 5. The van der Waals surface area contributed by atoms with Crippen molar-refractivity contribution in [3.63, 3.8) is 0 Å². The number of piperazine rings is 1. The molecule has 5 atom stereocenters. The van der Waals surface area contributed by atoms with Crippen molar-refractivity contribution < 1.29 is 59.4 Å². The number of halogens is 4. The number of carbonyl (C=O) groups excluding carboxylic acids is 4. The summed E-state index contributed by atoms with van der Waals surface area (Å²) in [5, 5.41) is 30.6. The molecule has 0 bridgehead atoms. The fraction of sp³-hybridized carbons (Fsp3) is 0.487. The van der Waals surface area contributed by atoms with E-state index in [1.54, 1.807) is 29.0 Å². The number of sulfonamides is 1. The number of hydrogen-bond donors (Lipinski definition) is 6. The number of amides is 4. The van der Waals surface area contributed by atoms with Gasteiger partial charge in [0.25, 0.3) is 25.8 Å². The first-order chi connectivity index (χ1) is 48.8. The van der Waals surface area contributed by atoms with Gasteiger partial charge in [0.15, 0.2) is 0 Å². The van der Waals surface area contributed by atoms with Gasteiger partial charge in [-0.25, -0.2) is 26.5 Å². The minimum absolute atomic E-state index is 0.0460. The van der Waals surface area contributed by atoms with E-state index in [2.05, 4.69) is 56.7 Å². The van der Waals surface area contributed by atoms with Gasteiger partial charge >= 0.3 is 5.51 Å². The highest BCUT2D eigenvalue weighted by atomic mass is 35.5. The van der Waals surface area contributed by atoms with Crippen molar-refractivity contribution in [1.82, 2.24) is 35.0 Å². The second kappa shape index (κ2) is 35.5. The lowest BCUT2D eigenvalue weighted by atomic mass is 9.73. The molecule has 2 saturated heterocycles. The van der Waals surface area contributed by atoms with Crippen LogP contribution in [0.1, 0.15) is 145 Å². The molecule has 9 rings (SSSR count). The Morgan fingerprint density at radius 1 is 0.825 bits per heavy atom. The summed E-state index contributed by atoms with van der Waals surface area (Å²) < 4.78 is 100. The minimum atomic E-state index is -6.20. The molecule has 103 heavy (non-hydrogen) atoms. The van der Waals surface area contributed by atoms with E-state index < -0.39 is 94.3 Å². The molecule has 6 N–H and O–H groups in total. The molecule has 1 aliphatic carbocycles. The van der Waals surface area contributed by atoms with Gasteiger partial charge < -0.3 is 40.9 Å². The highest BCUT2D eigenvalue weighted by molar-refractivity contribution is 7.99. The van der Waals surface area contributed by atoms with E-state index in [9.17, 15) is 59.4 Å². The third kappa shape index (κ3) is 21.9. The standard InChI is InChI=1S/C76H97ClF3N9O10S4/c1-51(53-19-21-55(22-20-53)69-52(2)81-50-101-69)82-72(94)66-44-61(91)48-89(66)73(95)70(74(3,4)5)84-68(92)18-14-9-8-10-15-36-86(42-43-90)37-34-59(49-100-62-16-12-11-13-17-62)83-65-32-31-63(45-67(65)102(96,97)76(78,79)80)103(98,99)85-71(93)56-25-29-60(30-26-56)88-40-38-87(39-41-88)47-57-46-75(6,7)35-33-64(57)54-23-27-58(77)28-24-54/h11-13,16-17,19-32,45,50-51,59,61,66,70,83,90-91H,8-10,14-15,18,33-44,46-49H2,1-7H3,(H,82,94)(H,84,92)(H,85,93)/t51-,59+,61+,66-,70?/m0/s1. The predicted octanol–water partition coefficient (Wildman–Crippen LogP) is 12.9. The molecule has 0 radical (unpaired) electrons. The molecule has 3 heterocycles. The summed E-state index contributed by atoms with van der Waals surface area (Å²) in [5.74, 6) is -2.03. The predicted molar refractivity (Wildman–Crippen MR) is 402 cm³/mol. The van der Waals surface area contributed by atoms with E-state index in [1.165, 1.54) is 45.5 Å². The van der Waals surface area contributed by atoms with Crippen LogP contribution in [0, 0.1) is 17.8 Å². The molecule has 4 amide bonds. The van der Waals surface area contributed by atoms with Gasteiger partial charge in [0.2, 0.25) is 17.7 Å². The van der Waals surface area contributed by atoms with Crippen LogP contribution in [0.4, 0.5) is 24.5 Å². The topological polar surface area (TPSA) is 251 Å². The van der Waals surface area contributed by atoms with E-state index in [4.69, 9.17) is 11.6 Å². The first-order valence-electron chi connectivity index (χ1n) is 35.2. The molecule has 0 saturated carbocycles. The highest BCUT2D eigenvalue weighted by Gasteiger charge is 2.49. The van der Waals surface area contributed by atoms with E-state index in [-0.39, 0.29) is 61.6 Å². The second-order valence-electron chi connectivity index (χ2n) is 29.0. The SMILES string of the molecule is Cc1ncsc1-c1ccc([C@H](C)NC(=O)[C@@H]2C[C@@H](O)CN2C(=O)C(NC(=O)CCCCCCCN(CCO)CC[C@H](CSc2ccccc2)Nc2ccc(S(=O)(=O)NC(=O)c3ccc(N4CCN(CC5=C(c6ccc(Cl)cc6)CCC(C)(C)C5)CC4)cc3)cc2S(=O)(=O)C(F)(F)F)C(C)(C)C)cc1. The number of aliphatic hydroxyl groups excluding tert-OH is 2. The summed E-state index contributed by atoms with van der Waals surface area (Å²) in [5.41, 5.74) is 2.48. The molecule has 1 aromatic heterocycles. The van der Waals surface area contributed by atoms with Crippen LogP contribution in [0.5, 0.6) is 0 Å². The number of hydrogen-bond acceptors (Lipinski definition) is 17. The number of β-amino-alcohol motifs (C(OH)–C–C–N with tert-alkyl or cyclic N) is 1. The number of benzene rings is 5. The van der Waals surface area contributed by atoms with Crippen molar-refractivity contribution in [3.05, 3.63) is 160 Å². The Hall–Kier alpha value is -6.88. The molecule has 19 nitrogen and oxygen atoms in total. The second-order valence-corrected chi connectivity index (χ2v) is 35.0. The van der Waals surface area contributed by atoms with Gasteiger partial charge in [0.1, 0.15) is 17.0 Å². The van der Waals surface area contributed by atoms with E-state index in [0.29, 0.717) is 56.5 Å². The van der Waals surface area contributed by atoms with Gasteiger partial charge in [-0.2, -0.15) is 13.2 Å². The maximum absolute atomic E-state index is 14.6. The maximum atomic E-state index is 14.6. The first-order valence-corrected chi connectivity index (χ1v) is 40.4. The maximum Gasteiger partial charge on any atom is 0.501 e. The normalized spacial score (nSPS) is 17.8. The number of allylic oxidation sites excluding steroid dienone is 1. The molecular formula is C76H97ClF3N9O10S4. The van der Waals surface area contributed by atoms with Gasteiger partial charge in [-0.3, -0.25) is 24.1 Å². The zero-order valence-corrected chi connectivity index (χ0v) is 63.6. The van der Waals surface area contributed by atoms with Gasteiger partial charge in [0, 0.05) is 98.2 Å². The number of unbranched alkanes of at least 4 members (excludes halogenated alkanes) is 4. The average Bonchev–Trinajstić information content (AvgIpc) is 1.74. The fourth-order valence-electron chi connectivity index (χ4n) is 13.5. The number of rotatable bonds is 32. The smallest absolute Gasteiger partial charge is 0.395 e. The van der Waals surface area contributed by atoms with Gasteiger partial charge in [-0.05, 0) is 159 Å². The fourth-order valence-corrected chi connectivity index (χ4v) is 17.5. The van der Waals surface area contributed by atoms with Crippen LogP contribution in [0.25, 0.3) is 16.0 Å². The van der Waals surface area contributed by atoms with Crippen molar-refractivity contribution in [3.8, 4) is 10.4 Å². The average molecular weight is 1520 g/mol. The first kappa shape index (κ1) is 80.2. The minimum Gasteiger partial charge on any atom is -0.395 e. The lowest BCUT2D eigenvalue weighted by Gasteiger charge is -2.39. The van der Waals surface area contributed by atoms with Gasteiger partial charge in [-0.1, -0.05) is 126 Å². The molecule has 5 aromatic carbocycles. The number of aliphatic hydroxyl groups is 2.